The van der Waals surface area contributed by atoms with Crippen LogP contribution >= 0.6 is 0 Å². The first kappa shape index (κ1) is 20.5. The van der Waals surface area contributed by atoms with Crippen molar-refractivity contribution in [2.45, 2.75) is 44.8 Å². The van der Waals surface area contributed by atoms with Gasteiger partial charge in [-0.2, -0.15) is 0 Å². The van der Waals surface area contributed by atoms with Crippen LogP contribution in [0.5, 0.6) is 5.75 Å². The van der Waals surface area contributed by atoms with Gasteiger partial charge in [0.1, 0.15) is 36.9 Å². The lowest BCUT2D eigenvalue weighted by atomic mass is 9.81. The van der Waals surface area contributed by atoms with E-state index in [0.29, 0.717) is 12.4 Å². The van der Waals surface area contributed by atoms with E-state index in [1.165, 1.54) is 5.56 Å². The minimum Gasteiger partial charge on any atom is -0.491 e. The Kier molecular flexibility index (Phi) is 7.69. The topological polar surface area (TPSA) is 71.5 Å². The minimum atomic E-state index is -0.859. The van der Waals surface area contributed by atoms with Crippen LogP contribution in [-0.4, -0.2) is 48.8 Å². The first-order valence-electron chi connectivity index (χ1n) is 9.04. The Balaban J connectivity index is 1.85. The molecular formula is C21H30O5. The highest BCUT2D eigenvalue weighted by Gasteiger charge is 2.23. The van der Waals surface area contributed by atoms with Crippen LogP contribution < -0.4 is 4.74 Å². The summed E-state index contributed by atoms with van der Waals surface area (Å²) < 4.78 is 16.3. The molecule has 5 nitrogen and oxygen atoms in total. The maximum absolute atomic E-state index is 9.36. The van der Waals surface area contributed by atoms with Crippen molar-refractivity contribution in [1.82, 2.24) is 0 Å². The van der Waals surface area contributed by atoms with Gasteiger partial charge in [-0.1, -0.05) is 32.1 Å². The maximum Gasteiger partial charge on any atom is 0.119 e. The highest BCUT2D eigenvalue weighted by atomic mass is 16.6. The second-order valence-corrected chi connectivity index (χ2v) is 7.12. The highest BCUT2D eigenvalue weighted by molar-refractivity contribution is 5.32. The molecule has 2 N–H and O–H groups in total. The lowest BCUT2D eigenvalue weighted by Crippen LogP contribution is -2.19. The van der Waals surface area contributed by atoms with Gasteiger partial charge < -0.3 is 24.4 Å². The van der Waals surface area contributed by atoms with Crippen LogP contribution in [0.15, 0.2) is 48.3 Å². The smallest absolute Gasteiger partial charge is 0.119 e. The highest BCUT2D eigenvalue weighted by Crippen LogP contribution is 2.29. The van der Waals surface area contributed by atoms with E-state index in [1.54, 1.807) is 0 Å². The third-order valence-corrected chi connectivity index (χ3v) is 4.32. The summed E-state index contributed by atoms with van der Waals surface area (Å²) in [4.78, 5) is 0. The summed E-state index contributed by atoms with van der Waals surface area (Å²) >= 11 is 0. The molecule has 0 radical (unpaired) electrons. The van der Waals surface area contributed by atoms with Gasteiger partial charge in [0.05, 0.1) is 13.2 Å². The van der Waals surface area contributed by atoms with Crippen LogP contribution in [0.25, 0.3) is 0 Å². The SMILES string of the molecule is C/C=C(\C=C/CC(C)(C)c1ccc(OCC2CO2)cc1)OCC(O)CO. The predicted molar refractivity (Wildman–Crippen MR) is 101 cm³/mol. The van der Waals surface area contributed by atoms with Gasteiger partial charge in [-0.25, -0.2) is 0 Å². The Bertz CT molecular complexity index is 599. The van der Waals surface area contributed by atoms with Crippen molar-refractivity contribution in [2.75, 3.05) is 26.4 Å². The zero-order valence-corrected chi connectivity index (χ0v) is 15.9. The third-order valence-electron chi connectivity index (χ3n) is 4.32. The molecule has 5 heteroatoms. The maximum atomic E-state index is 9.36. The van der Waals surface area contributed by atoms with E-state index in [0.717, 1.165) is 18.8 Å². The number of allylic oxidation sites excluding steroid dienone is 3. The molecule has 1 fully saturated rings. The van der Waals surface area contributed by atoms with E-state index >= 15 is 0 Å². The van der Waals surface area contributed by atoms with E-state index in [1.807, 2.05) is 31.2 Å². The Morgan fingerprint density at radius 1 is 1.35 bits per heavy atom. The fraction of sp³-hybridized carbons (Fsp3) is 0.524. The molecule has 0 aliphatic carbocycles. The Hall–Kier alpha value is -1.82. The average molecular weight is 362 g/mol. The summed E-state index contributed by atoms with van der Waals surface area (Å²) in [5, 5.41) is 18.2. The zero-order valence-electron chi connectivity index (χ0n) is 15.9. The van der Waals surface area contributed by atoms with Gasteiger partial charge in [0, 0.05) is 0 Å². The first-order chi connectivity index (χ1) is 12.4. The van der Waals surface area contributed by atoms with Crippen LogP contribution in [0.3, 0.4) is 0 Å². The fourth-order valence-electron chi connectivity index (χ4n) is 2.42. The number of aliphatic hydroxyl groups excluding tert-OH is 2. The van der Waals surface area contributed by atoms with Gasteiger partial charge in [-0.15, -0.1) is 0 Å². The summed E-state index contributed by atoms with van der Waals surface area (Å²) in [6.45, 7) is 7.45. The van der Waals surface area contributed by atoms with E-state index in [-0.39, 0.29) is 24.7 Å². The molecule has 0 amide bonds. The fourth-order valence-corrected chi connectivity index (χ4v) is 2.42. The largest absolute Gasteiger partial charge is 0.491 e. The van der Waals surface area contributed by atoms with Gasteiger partial charge in [0.25, 0.3) is 0 Å². The van der Waals surface area contributed by atoms with Gasteiger partial charge in [-0.05, 0) is 48.6 Å². The molecular weight excluding hydrogens is 332 g/mol. The van der Waals surface area contributed by atoms with Crippen molar-refractivity contribution in [2.24, 2.45) is 0 Å². The van der Waals surface area contributed by atoms with Crippen molar-refractivity contribution < 1.29 is 24.4 Å². The Morgan fingerprint density at radius 3 is 2.62 bits per heavy atom. The van der Waals surface area contributed by atoms with E-state index in [2.05, 4.69) is 32.1 Å². The third kappa shape index (κ3) is 6.83. The second kappa shape index (κ2) is 9.76. The summed E-state index contributed by atoms with van der Waals surface area (Å²) in [6, 6.07) is 8.20. The number of ether oxygens (including phenoxy) is 3. The second-order valence-electron chi connectivity index (χ2n) is 7.12. The van der Waals surface area contributed by atoms with E-state index in [4.69, 9.17) is 19.3 Å². The standard InChI is InChI=1S/C21H30O5/c1-4-18(24-13-17(23)12-22)6-5-11-21(2,3)16-7-9-19(10-8-16)25-14-20-15-26-20/h4-10,17,20,22-23H,11-15H2,1-3H3/b6-5-,18-4+. The van der Waals surface area contributed by atoms with Crippen molar-refractivity contribution >= 4 is 0 Å². The number of aliphatic hydroxyl groups is 2. The lowest BCUT2D eigenvalue weighted by molar-refractivity contribution is 0.0328. The van der Waals surface area contributed by atoms with Crippen LogP contribution in [0, 0.1) is 0 Å². The van der Waals surface area contributed by atoms with Crippen molar-refractivity contribution in [3.63, 3.8) is 0 Å². The molecule has 2 unspecified atom stereocenters. The van der Waals surface area contributed by atoms with Crippen molar-refractivity contribution in [3.8, 4) is 5.75 Å². The Labute approximate surface area is 155 Å². The van der Waals surface area contributed by atoms with Crippen LogP contribution in [0.2, 0.25) is 0 Å². The molecule has 1 heterocycles. The lowest BCUT2D eigenvalue weighted by Gasteiger charge is -2.24. The molecule has 26 heavy (non-hydrogen) atoms. The minimum absolute atomic E-state index is 0.0297. The molecule has 1 aliphatic heterocycles. The average Bonchev–Trinajstić information content (AvgIpc) is 3.47. The van der Waals surface area contributed by atoms with Crippen molar-refractivity contribution in [3.05, 3.63) is 53.8 Å². The van der Waals surface area contributed by atoms with Crippen LogP contribution in [0.1, 0.15) is 32.8 Å². The Morgan fingerprint density at radius 2 is 2.04 bits per heavy atom. The molecule has 1 saturated heterocycles. The molecule has 1 aromatic rings. The monoisotopic (exact) mass is 362 g/mol. The van der Waals surface area contributed by atoms with Crippen LogP contribution in [-0.2, 0) is 14.9 Å². The molecule has 0 spiro atoms. The number of hydrogen-bond donors (Lipinski definition) is 2. The molecule has 0 saturated carbocycles. The molecule has 1 aromatic carbocycles. The number of rotatable bonds is 11. The quantitative estimate of drug-likeness (QED) is 0.360. The molecule has 0 bridgehead atoms. The number of benzene rings is 1. The summed E-state index contributed by atoms with van der Waals surface area (Å²) in [6.07, 6.45) is 6.05. The van der Waals surface area contributed by atoms with Gasteiger partial charge in [-0.3, -0.25) is 0 Å². The summed E-state index contributed by atoms with van der Waals surface area (Å²) in [5.41, 5.74) is 1.20. The molecule has 2 atom stereocenters. The summed E-state index contributed by atoms with van der Waals surface area (Å²) in [5.74, 6) is 1.54. The first-order valence-corrected chi connectivity index (χ1v) is 9.04. The van der Waals surface area contributed by atoms with Gasteiger partial charge >= 0.3 is 0 Å². The van der Waals surface area contributed by atoms with E-state index in [9.17, 15) is 5.11 Å². The normalized spacial score (nSPS) is 18.8. The number of hydrogen-bond acceptors (Lipinski definition) is 5. The molecule has 1 aliphatic rings. The van der Waals surface area contributed by atoms with Crippen LogP contribution in [0.4, 0.5) is 0 Å². The molecule has 0 aromatic heterocycles. The predicted octanol–water partition coefficient (Wildman–Crippen LogP) is 2.96. The van der Waals surface area contributed by atoms with E-state index < -0.39 is 6.10 Å². The summed E-state index contributed by atoms with van der Waals surface area (Å²) in [7, 11) is 0. The molecule has 144 valence electrons. The molecule has 2 rings (SSSR count). The van der Waals surface area contributed by atoms with Gasteiger partial charge in [0.15, 0.2) is 0 Å². The number of epoxide rings is 1. The van der Waals surface area contributed by atoms with Crippen molar-refractivity contribution in [1.29, 1.82) is 0 Å². The zero-order chi connectivity index (χ0) is 19.0. The van der Waals surface area contributed by atoms with Gasteiger partial charge in [0.2, 0.25) is 0 Å².